The maximum atomic E-state index is 11.2. The van der Waals surface area contributed by atoms with Crippen LogP contribution < -0.4 is 16.4 Å². The number of nitrogens with zero attached hydrogens (tertiary/aromatic N) is 2. The third kappa shape index (κ3) is 4.94. The van der Waals surface area contributed by atoms with E-state index in [4.69, 9.17) is 10.2 Å². The highest BCUT2D eigenvalue weighted by Gasteiger charge is 2.10. The first kappa shape index (κ1) is 14.5. The van der Waals surface area contributed by atoms with Crippen LogP contribution in [0, 0.1) is 6.42 Å². The Kier molecular flexibility index (Phi) is 4.86. The second kappa shape index (κ2) is 7.04. The van der Waals surface area contributed by atoms with Gasteiger partial charge in [0.1, 0.15) is 0 Å². The van der Waals surface area contributed by atoms with Crippen LogP contribution in [0.4, 0.5) is 15.6 Å². The summed E-state index contributed by atoms with van der Waals surface area (Å²) >= 11 is 0. The largest absolute Gasteiger partial charge is 0.407 e. The molecule has 4 N–H and O–H groups in total. The van der Waals surface area contributed by atoms with E-state index in [9.17, 15) is 9.59 Å². The summed E-state index contributed by atoms with van der Waals surface area (Å²) in [5, 5.41) is 11.4. The van der Waals surface area contributed by atoms with Crippen LogP contribution in [0.1, 0.15) is 17.9 Å². The van der Waals surface area contributed by atoms with Crippen molar-refractivity contribution in [1.29, 1.82) is 0 Å². The van der Waals surface area contributed by atoms with Gasteiger partial charge in [0.25, 0.3) is 0 Å². The highest BCUT2D eigenvalue weighted by atomic mass is 16.4. The molecule has 0 aliphatic rings. The quantitative estimate of drug-likeness (QED) is 0.768. The Labute approximate surface area is 120 Å². The third-order valence-corrected chi connectivity index (χ3v) is 2.49. The highest BCUT2D eigenvalue weighted by molar-refractivity contribution is 5.98. The number of imide groups is 1. The van der Waals surface area contributed by atoms with Crippen molar-refractivity contribution in [3.8, 4) is 0 Å². The first-order chi connectivity index (χ1) is 10.1. The van der Waals surface area contributed by atoms with Gasteiger partial charge in [0.2, 0.25) is 5.89 Å². The molecule has 1 aromatic carbocycles. The standard InChI is InChI=1S/C13H14N5O3/c14-11(19)15-12(20)16-13-18-17-10(21-13)8-4-7-9-5-2-1-3-6-9/h1-3,5-6,8H,4,7H2,(H4,14,15,16,18,19,20). The van der Waals surface area contributed by atoms with E-state index in [1.54, 1.807) is 6.42 Å². The maximum absolute atomic E-state index is 11.2. The van der Waals surface area contributed by atoms with Crippen molar-refractivity contribution in [2.75, 3.05) is 5.32 Å². The number of urea groups is 2. The van der Waals surface area contributed by atoms with Crippen LogP contribution in [-0.2, 0) is 6.42 Å². The van der Waals surface area contributed by atoms with Gasteiger partial charge in [-0.05, 0) is 18.4 Å². The Bertz CT molecular complexity index is 611. The van der Waals surface area contributed by atoms with E-state index in [0.29, 0.717) is 5.89 Å². The number of carbonyl (C=O) groups excluding carboxylic acids is 2. The zero-order valence-electron chi connectivity index (χ0n) is 11.1. The van der Waals surface area contributed by atoms with E-state index >= 15 is 0 Å². The molecule has 109 valence electrons. The SMILES string of the molecule is NC(=O)NC(=O)Nc1nnc([CH]CCc2ccccc2)o1. The van der Waals surface area contributed by atoms with Crippen molar-refractivity contribution in [2.24, 2.45) is 5.73 Å². The molecule has 1 heterocycles. The zero-order valence-corrected chi connectivity index (χ0v) is 11.1. The van der Waals surface area contributed by atoms with E-state index in [0.717, 1.165) is 12.8 Å². The molecular weight excluding hydrogens is 274 g/mol. The molecular formula is C13H14N5O3. The van der Waals surface area contributed by atoms with E-state index in [1.807, 2.05) is 35.6 Å². The van der Waals surface area contributed by atoms with Crippen molar-refractivity contribution in [2.45, 2.75) is 12.8 Å². The minimum absolute atomic E-state index is 0.111. The van der Waals surface area contributed by atoms with E-state index in [-0.39, 0.29) is 6.01 Å². The molecule has 0 aliphatic carbocycles. The number of nitrogens with one attached hydrogen (secondary N) is 2. The molecule has 0 unspecified atom stereocenters. The normalized spacial score (nSPS) is 10.1. The second-order valence-electron chi connectivity index (χ2n) is 4.12. The van der Waals surface area contributed by atoms with Crippen LogP contribution in [0.3, 0.4) is 0 Å². The van der Waals surface area contributed by atoms with Crippen molar-refractivity contribution >= 4 is 18.1 Å². The van der Waals surface area contributed by atoms with Gasteiger partial charge in [0.15, 0.2) is 0 Å². The average molecular weight is 288 g/mol. The van der Waals surface area contributed by atoms with Crippen LogP contribution in [0.25, 0.3) is 0 Å². The fourth-order valence-corrected chi connectivity index (χ4v) is 1.61. The number of nitrogens with two attached hydrogens (primary N) is 1. The molecule has 4 amide bonds. The number of aryl methyl sites for hydroxylation is 1. The van der Waals surface area contributed by atoms with Gasteiger partial charge in [0, 0.05) is 6.42 Å². The topological polar surface area (TPSA) is 123 Å². The Morgan fingerprint density at radius 1 is 1.24 bits per heavy atom. The summed E-state index contributed by atoms with van der Waals surface area (Å²) in [5.41, 5.74) is 5.99. The lowest BCUT2D eigenvalue weighted by molar-refractivity contribution is 0.238. The Morgan fingerprint density at radius 3 is 2.71 bits per heavy atom. The molecule has 1 radical (unpaired) electrons. The lowest BCUT2D eigenvalue weighted by Gasteiger charge is -1.99. The van der Waals surface area contributed by atoms with Crippen LogP contribution in [0.2, 0.25) is 0 Å². The van der Waals surface area contributed by atoms with Crippen LogP contribution in [0.5, 0.6) is 0 Å². The molecule has 0 bridgehead atoms. The summed E-state index contributed by atoms with van der Waals surface area (Å²) in [6.07, 6.45) is 3.32. The summed E-state index contributed by atoms with van der Waals surface area (Å²) in [5.74, 6) is 0.292. The predicted molar refractivity (Wildman–Crippen MR) is 74.2 cm³/mol. The van der Waals surface area contributed by atoms with Gasteiger partial charge in [-0.2, -0.15) is 0 Å². The molecule has 0 fully saturated rings. The van der Waals surface area contributed by atoms with E-state index in [2.05, 4.69) is 15.5 Å². The van der Waals surface area contributed by atoms with Crippen molar-refractivity contribution in [1.82, 2.24) is 15.5 Å². The number of benzene rings is 1. The predicted octanol–water partition coefficient (Wildman–Crippen LogP) is 1.45. The first-order valence-electron chi connectivity index (χ1n) is 6.21. The van der Waals surface area contributed by atoms with E-state index < -0.39 is 12.1 Å². The molecule has 0 saturated carbocycles. The lowest BCUT2D eigenvalue weighted by atomic mass is 10.1. The second-order valence-corrected chi connectivity index (χ2v) is 4.12. The number of carbonyl (C=O) groups is 2. The smallest absolute Gasteiger partial charge is 0.330 e. The number of hydrogen-bond acceptors (Lipinski definition) is 5. The number of hydrogen-bond donors (Lipinski definition) is 3. The van der Waals surface area contributed by atoms with Crippen LogP contribution in [-0.4, -0.2) is 22.3 Å². The molecule has 2 rings (SSSR count). The summed E-state index contributed by atoms with van der Waals surface area (Å²) in [6.45, 7) is 0. The van der Waals surface area contributed by atoms with Crippen molar-refractivity contribution in [3.05, 3.63) is 48.2 Å². The van der Waals surface area contributed by atoms with Gasteiger partial charge in [-0.15, -0.1) is 5.10 Å². The molecule has 0 aliphatic heterocycles. The summed E-state index contributed by atoms with van der Waals surface area (Å²) in [6, 6.07) is 8.05. The number of anilines is 1. The fourth-order valence-electron chi connectivity index (χ4n) is 1.61. The average Bonchev–Trinajstić information content (AvgIpc) is 2.86. The molecule has 1 aromatic heterocycles. The van der Waals surface area contributed by atoms with Crippen molar-refractivity contribution < 1.29 is 14.0 Å². The summed E-state index contributed by atoms with van der Waals surface area (Å²) in [7, 11) is 0. The zero-order chi connectivity index (χ0) is 15.1. The van der Waals surface area contributed by atoms with Gasteiger partial charge in [-0.1, -0.05) is 35.4 Å². The Balaban J connectivity index is 1.78. The fraction of sp³-hybridized carbons (Fsp3) is 0.154. The minimum Gasteiger partial charge on any atom is -0.407 e. The third-order valence-electron chi connectivity index (χ3n) is 2.49. The monoisotopic (exact) mass is 288 g/mol. The minimum atomic E-state index is -0.971. The molecule has 8 nitrogen and oxygen atoms in total. The number of primary amides is 1. The molecule has 2 aromatic rings. The Hall–Kier alpha value is -2.90. The van der Waals surface area contributed by atoms with E-state index in [1.165, 1.54) is 5.56 Å². The number of aromatic nitrogens is 2. The van der Waals surface area contributed by atoms with Gasteiger partial charge in [-0.3, -0.25) is 10.6 Å². The van der Waals surface area contributed by atoms with Gasteiger partial charge in [-0.25, -0.2) is 9.59 Å². The lowest BCUT2D eigenvalue weighted by Crippen LogP contribution is -2.38. The number of amides is 4. The molecule has 0 atom stereocenters. The molecule has 21 heavy (non-hydrogen) atoms. The van der Waals surface area contributed by atoms with Gasteiger partial charge < -0.3 is 10.2 Å². The highest BCUT2D eigenvalue weighted by Crippen LogP contribution is 2.11. The number of rotatable bonds is 5. The summed E-state index contributed by atoms with van der Waals surface area (Å²) < 4.78 is 5.17. The molecule has 8 heteroatoms. The first-order valence-corrected chi connectivity index (χ1v) is 6.21. The summed E-state index contributed by atoms with van der Waals surface area (Å²) in [4.78, 5) is 21.6. The molecule has 0 saturated heterocycles. The Morgan fingerprint density at radius 2 is 2.00 bits per heavy atom. The van der Waals surface area contributed by atoms with Crippen molar-refractivity contribution in [3.63, 3.8) is 0 Å². The van der Waals surface area contributed by atoms with Gasteiger partial charge >= 0.3 is 18.1 Å². The van der Waals surface area contributed by atoms with Crippen LogP contribution >= 0.6 is 0 Å². The van der Waals surface area contributed by atoms with Gasteiger partial charge in [0.05, 0.1) is 0 Å². The molecule has 0 spiro atoms. The maximum Gasteiger partial charge on any atom is 0.330 e. The van der Waals surface area contributed by atoms with Crippen LogP contribution in [0.15, 0.2) is 34.7 Å².